The number of pyridine rings is 1. The van der Waals surface area contributed by atoms with Gasteiger partial charge in [-0.05, 0) is 42.3 Å². The van der Waals surface area contributed by atoms with E-state index in [-0.39, 0.29) is 23.2 Å². The van der Waals surface area contributed by atoms with E-state index in [2.05, 4.69) is 0 Å². The third kappa shape index (κ3) is 5.21. The van der Waals surface area contributed by atoms with Crippen molar-refractivity contribution < 1.29 is 19.0 Å². The Labute approximate surface area is 217 Å². The first-order valence-corrected chi connectivity index (χ1v) is 13.0. The average molecular weight is 526 g/mol. The average Bonchev–Trinajstić information content (AvgIpc) is 3.19. The summed E-state index contributed by atoms with van der Waals surface area (Å²) >= 11 is 8.19. The van der Waals surface area contributed by atoms with Crippen LogP contribution >= 0.6 is 23.4 Å². The molecule has 186 valence electrons. The van der Waals surface area contributed by atoms with E-state index in [0.29, 0.717) is 36.7 Å². The van der Waals surface area contributed by atoms with E-state index < -0.39 is 11.9 Å². The van der Waals surface area contributed by atoms with Gasteiger partial charge < -0.3 is 19.1 Å². The maximum absolute atomic E-state index is 15.6. The van der Waals surface area contributed by atoms with Gasteiger partial charge in [0.05, 0.1) is 41.2 Å². The highest BCUT2D eigenvalue weighted by molar-refractivity contribution is 7.98. The third-order valence-electron chi connectivity index (χ3n) is 6.21. The number of aryl methyl sites for hydroxylation is 1. The first-order valence-electron chi connectivity index (χ1n) is 11.6. The Hall–Kier alpha value is -3.07. The molecule has 0 spiro atoms. The molecule has 1 atom stereocenters. The summed E-state index contributed by atoms with van der Waals surface area (Å²) in [7, 11) is 0. The van der Waals surface area contributed by atoms with Crippen molar-refractivity contribution in [3.63, 3.8) is 0 Å². The van der Waals surface area contributed by atoms with Crippen LogP contribution in [0, 0.1) is 12.7 Å². The van der Waals surface area contributed by atoms with Gasteiger partial charge in [-0.15, -0.1) is 11.8 Å². The second kappa shape index (κ2) is 10.5. The van der Waals surface area contributed by atoms with Crippen LogP contribution in [0.4, 0.5) is 9.18 Å². The molecular formula is C27H25ClFN3O3S. The van der Waals surface area contributed by atoms with E-state index in [1.165, 1.54) is 22.7 Å². The fraction of sp³-hybridized carbons (Fsp3) is 0.259. The largest absolute Gasteiger partial charge is 0.465 e. The van der Waals surface area contributed by atoms with E-state index in [1.54, 1.807) is 6.07 Å². The van der Waals surface area contributed by atoms with Gasteiger partial charge in [-0.25, -0.2) is 14.2 Å². The Morgan fingerprint density at radius 2 is 2.06 bits per heavy atom. The summed E-state index contributed by atoms with van der Waals surface area (Å²) in [6.45, 7) is 2.84. The lowest BCUT2D eigenvalue weighted by Crippen LogP contribution is -2.45. The molecule has 0 aliphatic carbocycles. The number of fused-ring (bicyclic) bond motifs is 1. The highest BCUT2D eigenvalue weighted by Crippen LogP contribution is 2.37. The molecule has 0 saturated carbocycles. The van der Waals surface area contributed by atoms with Crippen molar-refractivity contribution in [2.45, 2.75) is 30.1 Å². The second-order valence-corrected chi connectivity index (χ2v) is 10.3. The molecule has 4 aromatic rings. The van der Waals surface area contributed by atoms with Crippen LogP contribution < -0.4 is 0 Å². The van der Waals surface area contributed by atoms with E-state index in [1.807, 2.05) is 60.0 Å². The Morgan fingerprint density at radius 3 is 2.81 bits per heavy atom. The molecule has 0 radical (unpaired) electrons. The molecule has 2 aromatic heterocycles. The van der Waals surface area contributed by atoms with Crippen molar-refractivity contribution >= 4 is 35.1 Å². The Morgan fingerprint density at radius 1 is 1.25 bits per heavy atom. The van der Waals surface area contributed by atoms with Gasteiger partial charge in [0.25, 0.3) is 0 Å². The van der Waals surface area contributed by atoms with Crippen molar-refractivity contribution in [2.24, 2.45) is 0 Å². The van der Waals surface area contributed by atoms with Crippen molar-refractivity contribution in [1.82, 2.24) is 14.3 Å². The van der Waals surface area contributed by atoms with Gasteiger partial charge in [-0.2, -0.15) is 0 Å². The summed E-state index contributed by atoms with van der Waals surface area (Å²) in [5.41, 5.74) is 4.25. The predicted molar refractivity (Wildman–Crippen MR) is 139 cm³/mol. The van der Waals surface area contributed by atoms with Gasteiger partial charge in [0, 0.05) is 29.8 Å². The lowest BCUT2D eigenvalue weighted by Gasteiger charge is -2.31. The summed E-state index contributed by atoms with van der Waals surface area (Å²) in [6, 6.07) is 17.1. The van der Waals surface area contributed by atoms with Crippen LogP contribution in [0.25, 0.3) is 16.9 Å². The summed E-state index contributed by atoms with van der Waals surface area (Å²) in [4.78, 5) is 18.3. The molecule has 1 aliphatic rings. The smallest absolute Gasteiger partial charge is 0.407 e. The van der Waals surface area contributed by atoms with Crippen molar-refractivity contribution in [1.29, 1.82) is 0 Å². The minimum atomic E-state index is -0.977. The number of carbonyl (C=O) groups is 1. The normalized spacial score (nSPS) is 16.0. The number of hydrogen-bond acceptors (Lipinski definition) is 4. The topological polar surface area (TPSA) is 67.1 Å². The molecule has 1 amide bonds. The number of benzene rings is 2. The molecule has 9 heteroatoms. The van der Waals surface area contributed by atoms with Gasteiger partial charge in [-0.3, -0.25) is 0 Å². The standard InChI is InChI=1S/C27H25ClFN3O3S/c1-17-7-8-32-23(12-19-15-31(27(33)34)9-10-35-19)26(30-24(32)11-17)25-21(28)13-20(14-22(25)29)36-16-18-5-3-2-4-6-18/h2-8,11,13-14,19H,9-10,12,15-16H2,1H3,(H,33,34). The molecule has 5 rings (SSSR count). The number of imidazole rings is 1. The zero-order valence-electron chi connectivity index (χ0n) is 19.7. The zero-order chi connectivity index (χ0) is 25.2. The SMILES string of the molecule is Cc1ccn2c(CC3CN(C(=O)O)CCO3)c(-c3c(F)cc(SCc4ccccc4)cc3Cl)nc2c1. The van der Waals surface area contributed by atoms with Gasteiger partial charge in [0.1, 0.15) is 11.5 Å². The minimum absolute atomic E-state index is 0.235. The molecule has 1 fully saturated rings. The van der Waals surface area contributed by atoms with Crippen LogP contribution in [0.5, 0.6) is 0 Å². The monoisotopic (exact) mass is 525 g/mol. The second-order valence-electron chi connectivity index (χ2n) is 8.80. The molecular weight excluding hydrogens is 501 g/mol. The van der Waals surface area contributed by atoms with E-state index >= 15 is 4.39 Å². The van der Waals surface area contributed by atoms with Crippen LogP contribution in [-0.4, -0.2) is 51.3 Å². The molecule has 1 aliphatic heterocycles. The predicted octanol–water partition coefficient (Wildman–Crippen LogP) is 6.32. The lowest BCUT2D eigenvalue weighted by atomic mass is 10.0. The number of amides is 1. The number of hydrogen-bond donors (Lipinski definition) is 1. The lowest BCUT2D eigenvalue weighted by molar-refractivity contribution is -0.0214. The Balaban J connectivity index is 1.50. The van der Waals surface area contributed by atoms with E-state index in [4.69, 9.17) is 21.3 Å². The number of morpholine rings is 1. The summed E-state index contributed by atoms with van der Waals surface area (Å²) in [5.74, 6) is 0.254. The molecule has 36 heavy (non-hydrogen) atoms. The fourth-order valence-corrected chi connectivity index (χ4v) is 5.70. The molecule has 1 N–H and O–H groups in total. The summed E-state index contributed by atoms with van der Waals surface area (Å²) in [6.07, 6.45) is 0.903. The van der Waals surface area contributed by atoms with Crippen LogP contribution in [0.1, 0.15) is 16.8 Å². The fourth-order valence-electron chi connectivity index (χ4n) is 4.43. The molecule has 1 saturated heterocycles. The van der Waals surface area contributed by atoms with E-state index in [9.17, 15) is 9.90 Å². The zero-order valence-corrected chi connectivity index (χ0v) is 21.2. The quantitative estimate of drug-likeness (QED) is 0.298. The number of carboxylic acid groups (broad SMARTS) is 1. The van der Waals surface area contributed by atoms with Crippen LogP contribution in [0.15, 0.2) is 65.7 Å². The molecule has 0 bridgehead atoms. The van der Waals surface area contributed by atoms with Crippen molar-refractivity contribution in [2.75, 3.05) is 19.7 Å². The van der Waals surface area contributed by atoms with Crippen molar-refractivity contribution in [3.05, 3.63) is 88.5 Å². The van der Waals surface area contributed by atoms with Gasteiger partial charge >= 0.3 is 6.09 Å². The number of nitrogens with zero attached hydrogens (tertiary/aromatic N) is 3. The van der Waals surface area contributed by atoms with Gasteiger partial charge in [0.15, 0.2) is 0 Å². The molecule has 2 aromatic carbocycles. The maximum Gasteiger partial charge on any atom is 0.407 e. The van der Waals surface area contributed by atoms with E-state index in [0.717, 1.165) is 21.7 Å². The molecule has 6 nitrogen and oxygen atoms in total. The Kier molecular flexibility index (Phi) is 7.18. The maximum atomic E-state index is 15.6. The first-order chi connectivity index (χ1) is 17.4. The summed E-state index contributed by atoms with van der Waals surface area (Å²) in [5, 5.41) is 9.70. The number of halogens is 2. The van der Waals surface area contributed by atoms with Crippen LogP contribution in [-0.2, 0) is 16.9 Å². The van der Waals surface area contributed by atoms with Crippen LogP contribution in [0.2, 0.25) is 5.02 Å². The molecule has 1 unspecified atom stereocenters. The van der Waals surface area contributed by atoms with Crippen LogP contribution in [0.3, 0.4) is 0 Å². The van der Waals surface area contributed by atoms with Crippen molar-refractivity contribution in [3.8, 4) is 11.3 Å². The van der Waals surface area contributed by atoms with Gasteiger partial charge in [0.2, 0.25) is 0 Å². The summed E-state index contributed by atoms with van der Waals surface area (Å²) < 4.78 is 23.4. The van der Waals surface area contributed by atoms with Gasteiger partial charge in [-0.1, -0.05) is 41.9 Å². The number of ether oxygens (including phenoxy) is 1. The minimum Gasteiger partial charge on any atom is -0.465 e. The molecule has 3 heterocycles. The first kappa shape index (κ1) is 24.6. The third-order valence-corrected chi connectivity index (χ3v) is 7.56. The number of thioether (sulfide) groups is 1. The highest BCUT2D eigenvalue weighted by atomic mass is 35.5. The highest BCUT2D eigenvalue weighted by Gasteiger charge is 2.28. The Bertz CT molecular complexity index is 1390. The number of rotatable bonds is 6. The number of aromatic nitrogens is 2.